The van der Waals surface area contributed by atoms with E-state index in [0.29, 0.717) is 13.0 Å². The normalized spacial score (nSPS) is 13.5. The summed E-state index contributed by atoms with van der Waals surface area (Å²) in [6.07, 6.45) is 0.352. The number of hydrogen-bond acceptors (Lipinski definition) is 4. The molecular weight excluding hydrogens is 326 g/mol. The van der Waals surface area contributed by atoms with E-state index in [-0.39, 0.29) is 17.9 Å². The fraction of sp³-hybridized carbons (Fsp3) is 0.389. The Kier molecular flexibility index (Phi) is 7.15. The van der Waals surface area contributed by atoms with E-state index in [4.69, 9.17) is 0 Å². The quantitative estimate of drug-likeness (QED) is 0.703. The van der Waals surface area contributed by atoms with Crippen LogP contribution in [0.25, 0.3) is 0 Å². The Morgan fingerprint density at radius 1 is 1.26 bits per heavy atom. The van der Waals surface area contributed by atoms with E-state index in [1.807, 2.05) is 37.3 Å². The van der Waals surface area contributed by atoms with Crippen LogP contribution < -0.4 is 5.32 Å². The van der Waals surface area contributed by atoms with E-state index < -0.39 is 0 Å². The summed E-state index contributed by atoms with van der Waals surface area (Å²) in [4.78, 5) is 14.7. The van der Waals surface area contributed by atoms with Crippen molar-refractivity contribution in [3.63, 3.8) is 0 Å². The predicted molar refractivity (Wildman–Crippen MR) is 98.1 cm³/mol. The number of amides is 1. The molecule has 0 fully saturated rings. The zero-order valence-electron chi connectivity index (χ0n) is 13.5. The number of carbonyl (C=O) groups excluding carboxylic acids is 1. The van der Waals surface area contributed by atoms with Crippen LogP contribution >= 0.6 is 23.1 Å². The van der Waals surface area contributed by atoms with Crippen molar-refractivity contribution in [1.29, 1.82) is 0 Å². The zero-order chi connectivity index (χ0) is 16.7. The predicted octanol–water partition coefficient (Wildman–Crippen LogP) is 4.18. The molecule has 0 aliphatic carbocycles. The maximum Gasteiger partial charge on any atom is 0.252 e. The molecule has 0 bridgehead atoms. The van der Waals surface area contributed by atoms with Gasteiger partial charge in [0.15, 0.2) is 0 Å². The summed E-state index contributed by atoms with van der Waals surface area (Å²) in [5, 5.41) is 14.4. The van der Waals surface area contributed by atoms with Crippen molar-refractivity contribution in [2.24, 2.45) is 5.92 Å². The number of rotatable bonds is 8. The zero-order valence-corrected chi connectivity index (χ0v) is 15.1. The minimum Gasteiger partial charge on any atom is -0.393 e. The number of aliphatic hydroxyl groups excluding tert-OH is 1. The molecule has 0 saturated heterocycles. The summed E-state index contributed by atoms with van der Waals surface area (Å²) in [6.45, 7) is 4.38. The molecule has 2 aromatic rings. The van der Waals surface area contributed by atoms with Crippen molar-refractivity contribution in [2.75, 3.05) is 6.54 Å². The lowest BCUT2D eigenvalue weighted by atomic mass is 10.0. The topological polar surface area (TPSA) is 49.3 Å². The van der Waals surface area contributed by atoms with Gasteiger partial charge in [-0.3, -0.25) is 4.79 Å². The molecule has 124 valence electrons. The van der Waals surface area contributed by atoms with E-state index >= 15 is 0 Å². The van der Waals surface area contributed by atoms with E-state index in [1.54, 1.807) is 30.0 Å². The van der Waals surface area contributed by atoms with Crippen LogP contribution in [0.4, 0.5) is 0 Å². The summed E-state index contributed by atoms with van der Waals surface area (Å²) < 4.78 is 0. The number of aliphatic hydroxyl groups is 1. The number of thiophene rings is 1. The van der Waals surface area contributed by atoms with Gasteiger partial charge in [0.05, 0.1) is 11.7 Å². The minimum atomic E-state index is -0.337. The van der Waals surface area contributed by atoms with Crippen LogP contribution in [0.15, 0.2) is 46.7 Å². The van der Waals surface area contributed by atoms with Crippen LogP contribution in [0.5, 0.6) is 0 Å². The maximum atomic E-state index is 12.4. The molecule has 5 heteroatoms. The fourth-order valence-electron chi connectivity index (χ4n) is 2.35. The monoisotopic (exact) mass is 349 g/mol. The molecular formula is C18H23NO2S2. The van der Waals surface area contributed by atoms with Gasteiger partial charge in [-0.1, -0.05) is 25.1 Å². The lowest BCUT2D eigenvalue weighted by Crippen LogP contribution is -2.29. The highest BCUT2D eigenvalue weighted by molar-refractivity contribution is 7.98. The summed E-state index contributed by atoms with van der Waals surface area (Å²) in [5.74, 6) is 1.09. The Labute approximate surface area is 146 Å². The van der Waals surface area contributed by atoms with Crippen molar-refractivity contribution in [2.45, 2.75) is 37.0 Å². The SMILES string of the molecule is CC(O)CC(C)CNC(=O)c1ccccc1SCc1cccs1. The first-order chi connectivity index (χ1) is 11.1. The van der Waals surface area contributed by atoms with Gasteiger partial charge in [-0.15, -0.1) is 23.1 Å². The maximum absolute atomic E-state index is 12.4. The van der Waals surface area contributed by atoms with E-state index in [0.717, 1.165) is 16.2 Å². The Morgan fingerprint density at radius 2 is 2.04 bits per heavy atom. The van der Waals surface area contributed by atoms with Gasteiger partial charge in [-0.25, -0.2) is 0 Å². The molecule has 0 radical (unpaired) electrons. The number of benzene rings is 1. The molecule has 0 spiro atoms. The summed E-state index contributed by atoms with van der Waals surface area (Å²) in [6, 6.07) is 11.9. The third-order valence-corrected chi connectivity index (χ3v) is 5.62. The number of hydrogen-bond donors (Lipinski definition) is 2. The molecule has 1 heterocycles. The summed E-state index contributed by atoms with van der Waals surface area (Å²) in [5.41, 5.74) is 0.721. The second-order valence-corrected chi connectivity index (χ2v) is 7.81. The molecule has 3 nitrogen and oxygen atoms in total. The van der Waals surface area contributed by atoms with Gasteiger partial charge in [-0.05, 0) is 42.8 Å². The van der Waals surface area contributed by atoms with Gasteiger partial charge in [0, 0.05) is 22.1 Å². The molecule has 1 amide bonds. The first-order valence-corrected chi connectivity index (χ1v) is 9.63. The molecule has 2 rings (SSSR count). The highest BCUT2D eigenvalue weighted by Crippen LogP contribution is 2.27. The second-order valence-electron chi connectivity index (χ2n) is 5.76. The first kappa shape index (κ1) is 18.0. The molecule has 2 atom stereocenters. The van der Waals surface area contributed by atoms with Gasteiger partial charge in [-0.2, -0.15) is 0 Å². The average Bonchev–Trinajstić information content (AvgIpc) is 3.03. The molecule has 2 N–H and O–H groups in total. The lowest BCUT2D eigenvalue weighted by molar-refractivity contribution is 0.0936. The fourth-order valence-corrected chi connectivity index (χ4v) is 4.17. The van der Waals surface area contributed by atoms with E-state index in [1.165, 1.54) is 4.88 Å². The Balaban J connectivity index is 1.94. The highest BCUT2D eigenvalue weighted by Gasteiger charge is 2.13. The van der Waals surface area contributed by atoms with Crippen LogP contribution in [0.1, 0.15) is 35.5 Å². The molecule has 1 aromatic heterocycles. The smallest absolute Gasteiger partial charge is 0.252 e. The standard InChI is InChI=1S/C18H23NO2S2/c1-13(10-14(2)20)11-19-18(21)16-7-3-4-8-17(16)23-12-15-6-5-9-22-15/h3-9,13-14,20H,10-12H2,1-2H3,(H,19,21). The lowest BCUT2D eigenvalue weighted by Gasteiger charge is -2.15. The second kappa shape index (κ2) is 9.11. The van der Waals surface area contributed by atoms with Crippen LogP contribution in [0.2, 0.25) is 0 Å². The van der Waals surface area contributed by atoms with E-state index in [9.17, 15) is 9.90 Å². The van der Waals surface area contributed by atoms with Crippen molar-refractivity contribution in [1.82, 2.24) is 5.32 Å². The van der Waals surface area contributed by atoms with Crippen LogP contribution in [0, 0.1) is 5.92 Å². The molecule has 0 aliphatic rings. The summed E-state index contributed by atoms with van der Waals surface area (Å²) in [7, 11) is 0. The molecule has 1 aromatic carbocycles. The molecule has 2 unspecified atom stereocenters. The van der Waals surface area contributed by atoms with Crippen molar-refractivity contribution >= 4 is 29.0 Å². The highest BCUT2D eigenvalue weighted by atomic mass is 32.2. The largest absolute Gasteiger partial charge is 0.393 e. The van der Waals surface area contributed by atoms with Gasteiger partial charge >= 0.3 is 0 Å². The Bertz CT molecular complexity index is 611. The third kappa shape index (κ3) is 6.01. The minimum absolute atomic E-state index is 0.0447. The van der Waals surface area contributed by atoms with Gasteiger partial charge in [0.2, 0.25) is 0 Å². The van der Waals surface area contributed by atoms with Crippen molar-refractivity contribution < 1.29 is 9.90 Å². The molecule has 23 heavy (non-hydrogen) atoms. The van der Waals surface area contributed by atoms with E-state index in [2.05, 4.69) is 16.8 Å². The number of thioether (sulfide) groups is 1. The Morgan fingerprint density at radius 3 is 2.74 bits per heavy atom. The number of carbonyl (C=O) groups is 1. The Hall–Kier alpha value is -1.30. The van der Waals surface area contributed by atoms with Crippen LogP contribution in [-0.4, -0.2) is 23.7 Å². The number of nitrogens with one attached hydrogen (secondary N) is 1. The van der Waals surface area contributed by atoms with Crippen molar-refractivity contribution in [3.8, 4) is 0 Å². The molecule has 0 aliphatic heterocycles. The third-order valence-electron chi connectivity index (χ3n) is 3.44. The average molecular weight is 350 g/mol. The summed E-state index contributed by atoms with van der Waals surface area (Å²) >= 11 is 3.42. The van der Waals surface area contributed by atoms with Crippen LogP contribution in [0.3, 0.4) is 0 Å². The van der Waals surface area contributed by atoms with Crippen molar-refractivity contribution in [3.05, 3.63) is 52.2 Å². The van der Waals surface area contributed by atoms with Gasteiger partial charge in [0.25, 0.3) is 5.91 Å². The van der Waals surface area contributed by atoms with Crippen LogP contribution in [-0.2, 0) is 5.75 Å². The van der Waals surface area contributed by atoms with Gasteiger partial charge in [0.1, 0.15) is 0 Å². The van der Waals surface area contributed by atoms with Gasteiger partial charge < -0.3 is 10.4 Å². The first-order valence-electron chi connectivity index (χ1n) is 7.76. The molecule has 0 saturated carbocycles.